The van der Waals surface area contributed by atoms with E-state index in [-0.39, 0.29) is 5.78 Å². The molecule has 1 aromatic carbocycles. The van der Waals surface area contributed by atoms with E-state index in [4.69, 9.17) is 0 Å². The molecule has 1 heterocycles. The zero-order chi connectivity index (χ0) is 10.1. The molecule has 14 heavy (non-hydrogen) atoms. The SMILES string of the molecule is CCC(=O)c1ccc2nc(C)sc2c1. The lowest BCUT2D eigenvalue weighted by atomic mass is 10.1. The maximum Gasteiger partial charge on any atom is 0.162 e. The molecule has 0 radical (unpaired) electrons. The molecular formula is C11H11NOS. The van der Waals surface area contributed by atoms with Crippen LogP contribution < -0.4 is 0 Å². The first-order valence-electron chi connectivity index (χ1n) is 4.61. The van der Waals surface area contributed by atoms with Gasteiger partial charge in [0.25, 0.3) is 0 Å². The van der Waals surface area contributed by atoms with Gasteiger partial charge in [0.2, 0.25) is 0 Å². The van der Waals surface area contributed by atoms with Gasteiger partial charge in [-0.3, -0.25) is 4.79 Å². The van der Waals surface area contributed by atoms with Gasteiger partial charge < -0.3 is 0 Å². The highest BCUT2D eigenvalue weighted by atomic mass is 32.1. The third-order valence-electron chi connectivity index (χ3n) is 2.14. The van der Waals surface area contributed by atoms with Crippen molar-refractivity contribution in [3.63, 3.8) is 0 Å². The quantitative estimate of drug-likeness (QED) is 0.705. The first-order chi connectivity index (χ1) is 6.70. The van der Waals surface area contributed by atoms with Gasteiger partial charge >= 0.3 is 0 Å². The van der Waals surface area contributed by atoms with Crippen molar-refractivity contribution < 1.29 is 4.79 Å². The van der Waals surface area contributed by atoms with Crippen LogP contribution in [-0.4, -0.2) is 10.8 Å². The average molecular weight is 205 g/mol. The van der Waals surface area contributed by atoms with E-state index in [0.717, 1.165) is 20.8 Å². The monoisotopic (exact) mass is 205 g/mol. The Morgan fingerprint density at radius 3 is 3.00 bits per heavy atom. The van der Waals surface area contributed by atoms with E-state index in [0.29, 0.717) is 6.42 Å². The number of Topliss-reactive ketones (excluding diaryl/α,β-unsaturated/α-hetero) is 1. The van der Waals surface area contributed by atoms with Gasteiger partial charge in [-0.25, -0.2) is 4.98 Å². The van der Waals surface area contributed by atoms with Gasteiger partial charge in [-0.1, -0.05) is 6.92 Å². The van der Waals surface area contributed by atoms with E-state index in [1.165, 1.54) is 0 Å². The number of ketones is 1. The van der Waals surface area contributed by atoms with Crippen LogP contribution >= 0.6 is 11.3 Å². The molecule has 0 atom stereocenters. The Labute approximate surface area is 86.6 Å². The smallest absolute Gasteiger partial charge is 0.162 e. The maximum absolute atomic E-state index is 11.4. The van der Waals surface area contributed by atoms with Crippen molar-refractivity contribution in [2.24, 2.45) is 0 Å². The normalized spacial score (nSPS) is 10.7. The summed E-state index contributed by atoms with van der Waals surface area (Å²) in [6.07, 6.45) is 0.559. The molecule has 72 valence electrons. The molecule has 0 saturated heterocycles. The molecule has 0 aliphatic rings. The topological polar surface area (TPSA) is 30.0 Å². The molecule has 0 bridgehead atoms. The summed E-state index contributed by atoms with van der Waals surface area (Å²) in [7, 11) is 0. The van der Waals surface area contributed by atoms with Gasteiger partial charge in [-0.2, -0.15) is 0 Å². The highest BCUT2D eigenvalue weighted by Gasteiger charge is 2.06. The summed E-state index contributed by atoms with van der Waals surface area (Å²) in [5.41, 5.74) is 1.78. The number of hydrogen-bond acceptors (Lipinski definition) is 3. The average Bonchev–Trinajstić information content (AvgIpc) is 2.55. The molecule has 2 rings (SSSR count). The van der Waals surface area contributed by atoms with Crippen LogP contribution in [0.3, 0.4) is 0 Å². The van der Waals surface area contributed by atoms with Crippen molar-refractivity contribution in [3.8, 4) is 0 Å². The Bertz CT molecular complexity index is 487. The minimum absolute atomic E-state index is 0.193. The molecule has 0 aliphatic heterocycles. The van der Waals surface area contributed by atoms with Crippen LogP contribution in [0.15, 0.2) is 18.2 Å². The summed E-state index contributed by atoms with van der Waals surface area (Å²) in [6.45, 7) is 3.86. The molecule has 0 fully saturated rings. The maximum atomic E-state index is 11.4. The standard InChI is InChI=1S/C11H11NOS/c1-3-10(13)8-4-5-9-11(6-8)14-7(2)12-9/h4-6H,3H2,1-2H3. The number of rotatable bonds is 2. The number of fused-ring (bicyclic) bond motifs is 1. The van der Waals surface area contributed by atoms with Crippen LogP contribution in [0.1, 0.15) is 28.7 Å². The van der Waals surface area contributed by atoms with E-state index < -0.39 is 0 Å². The third-order valence-corrected chi connectivity index (χ3v) is 3.07. The minimum atomic E-state index is 0.193. The van der Waals surface area contributed by atoms with Crippen molar-refractivity contribution in [2.75, 3.05) is 0 Å². The second-order valence-corrected chi connectivity index (χ2v) is 4.43. The predicted octanol–water partition coefficient (Wildman–Crippen LogP) is 3.20. The van der Waals surface area contributed by atoms with Gasteiger partial charge in [0.15, 0.2) is 5.78 Å². The largest absolute Gasteiger partial charge is 0.294 e. The highest BCUT2D eigenvalue weighted by molar-refractivity contribution is 7.18. The molecule has 0 aliphatic carbocycles. The summed E-state index contributed by atoms with van der Waals surface area (Å²) in [6, 6.07) is 5.71. The number of nitrogens with zero attached hydrogens (tertiary/aromatic N) is 1. The van der Waals surface area contributed by atoms with Crippen molar-refractivity contribution in [1.29, 1.82) is 0 Å². The lowest BCUT2D eigenvalue weighted by Gasteiger charge is -1.96. The van der Waals surface area contributed by atoms with Crippen molar-refractivity contribution in [2.45, 2.75) is 20.3 Å². The molecule has 3 heteroatoms. The second kappa shape index (κ2) is 3.50. The number of thiazole rings is 1. The zero-order valence-corrected chi connectivity index (χ0v) is 9.02. The molecule has 0 unspecified atom stereocenters. The van der Waals surface area contributed by atoms with E-state index in [9.17, 15) is 4.79 Å². The van der Waals surface area contributed by atoms with Crippen molar-refractivity contribution in [3.05, 3.63) is 28.8 Å². The highest BCUT2D eigenvalue weighted by Crippen LogP contribution is 2.22. The number of hydrogen-bond donors (Lipinski definition) is 0. The van der Waals surface area contributed by atoms with Crippen LogP contribution in [0.5, 0.6) is 0 Å². The molecule has 2 aromatic rings. The lowest BCUT2D eigenvalue weighted by Crippen LogP contribution is -1.94. The molecule has 0 N–H and O–H groups in total. The van der Waals surface area contributed by atoms with Crippen LogP contribution in [-0.2, 0) is 0 Å². The summed E-state index contributed by atoms with van der Waals surface area (Å²) < 4.78 is 1.10. The van der Waals surface area contributed by atoms with E-state index in [1.807, 2.05) is 32.0 Å². The Hall–Kier alpha value is -1.22. The van der Waals surface area contributed by atoms with Crippen LogP contribution in [0.4, 0.5) is 0 Å². The summed E-state index contributed by atoms with van der Waals surface area (Å²) in [5.74, 6) is 0.193. The Morgan fingerprint density at radius 1 is 1.50 bits per heavy atom. The summed E-state index contributed by atoms with van der Waals surface area (Å²) in [4.78, 5) is 15.8. The Balaban J connectivity index is 2.55. The zero-order valence-electron chi connectivity index (χ0n) is 8.20. The number of aromatic nitrogens is 1. The number of carbonyl (C=O) groups is 1. The fourth-order valence-corrected chi connectivity index (χ4v) is 2.28. The fourth-order valence-electron chi connectivity index (χ4n) is 1.42. The van der Waals surface area contributed by atoms with Gasteiger partial charge in [0.05, 0.1) is 15.2 Å². The van der Waals surface area contributed by atoms with Gasteiger partial charge in [0, 0.05) is 12.0 Å². The lowest BCUT2D eigenvalue weighted by molar-refractivity contribution is 0.0988. The van der Waals surface area contributed by atoms with Crippen LogP contribution in [0.2, 0.25) is 0 Å². The minimum Gasteiger partial charge on any atom is -0.294 e. The molecule has 0 spiro atoms. The van der Waals surface area contributed by atoms with Gasteiger partial charge in [-0.05, 0) is 25.1 Å². The number of benzene rings is 1. The second-order valence-electron chi connectivity index (χ2n) is 3.19. The van der Waals surface area contributed by atoms with E-state index >= 15 is 0 Å². The first-order valence-corrected chi connectivity index (χ1v) is 5.42. The number of carbonyl (C=O) groups excluding carboxylic acids is 1. The van der Waals surface area contributed by atoms with E-state index in [1.54, 1.807) is 11.3 Å². The van der Waals surface area contributed by atoms with E-state index in [2.05, 4.69) is 4.98 Å². The Kier molecular flexibility index (Phi) is 2.33. The van der Waals surface area contributed by atoms with Crippen LogP contribution in [0, 0.1) is 6.92 Å². The van der Waals surface area contributed by atoms with Crippen LogP contribution in [0.25, 0.3) is 10.2 Å². The number of aryl methyl sites for hydroxylation is 1. The summed E-state index contributed by atoms with van der Waals surface area (Å²) >= 11 is 1.63. The molecule has 2 nitrogen and oxygen atoms in total. The summed E-state index contributed by atoms with van der Waals surface area (Å²) in [5, 5.41) is 1.04. The first kappa shape index (κ1) is 9.34. The van der Waals surface area contributed by atoms with Crippen molar-refractivity contribution in [1.82, 2.24) is 4.98 Å². The molecular weight excluding hydrogens is 194 g/mol. The fraction of sp³-hybridized carbons (Fsp3) is 0.273. The van der Waals surface area contributed by atoms with Crippen molar-refractivity contribution >= 4 is 27.3 Å². The Morgan fingerprint density at radius 2 is 2.29 bits per heavy atom. The molecule has 1 aromatic heterocycles. The predicted molar refractivity (Wildman–Crippen MR) is 59.0 cm³/mol. The van der Waals surface area contributed by atoms with Gasteiger partial charge in [-0.15, -0.1) is 11.3 Å². The van der Waals surface area contributed by atoms with Gasteiger partial charge in [0.1, 0.15) is 0 Å². The third kappa shape index (κ3) is 1.55. The molecule has 0 saturated carbocycles. The molecule has 0 amide bonds.